The summed E-state index contributed by atoms with van der Waals surface area (Å²) in [5.74, 6) is -0.264. The second kappa shape index (κ2) is 5.14. The van der Waals surface area contributed by atoms with Crippen LogP contribution >= 0.6 is 0 Å². The molecular weight excluding hydrogens is 228 g/mol. The Bertz CT molecular complexity index is 627. The fourth-order valence-corrected chi connectivity index (χ4v) is 1.54. The van der Waals surface area contributed by atoms with E-state index in [9.17, 15) is 9.59 Å². The molecule has 1 amide bonds. The summed E-state index contributed by atoms with van der Waals surface area (Å²) in [6.07, 6.45) is 2.90. The minimum atomic E-state index is -0.264. The van der Waals surface area contributed by atoms with E-state index in [1.807, 2.05) is 0 Å². The van der Waals surface area contributed by atoms with Crippen molar-refractivity contribution < 1.29 is 4.79 Å². The molecule has 1 aromatic heterocycles. The van der Waals surface area contributed by atoms with Gasteiger partial charge in [0, 0.05) is 23.6 Å². The number of benzene rings is 1. The van der Waals surface area contributed by atoms with Crippen molar-refractivity contribution in [2.75, 3.05) is 5.32 Å². The number of aromatic nitrogens is 1. The summed E-state index contributed by atoms with van der Waals surface area (Å²) in [7, 11) is 0. The van der Waals surface area contributed by atoms with E-state index in [1.54, 1.807) is 42.6 Å². The Balaban J connectivity index is 2.28. The zero-order chi connectivity index (χ0) is 13.0. The van der Waals surface area contributed by atoms with Crippen molar-refractivity contribution in [3.63, 3.8) is 0 Å². The lowest BCUT2D eigenvalue weighted by Gasteiger charge is -2.06. The third kappa shape index (κ3) is 2.55. The number of pyridine rings is 1. The number of nitrogens with one attached hydrogen (secondary N) is 1. The molecule has 90 valence electrons. The van der Waals surface area contributed by atoms with Crippen molar-refractivity contribution in [3.8, 4) is 5.69 Å². The van der Waals surface area contributed by atoms with Crippen LogP contribution in [0.5, 0.6) is 0 Å². The lowest BCUT2D eigenvalue weighted by molar-refractivity contribution is -0.111. The summed E-state index contributed by atoms with van der Waals surface area (Å²) < 4.78 is 1.53. The Kier molecular flexibility index (Phi) is 3.38. The smallest absolute Gasteiger partial charge is 0.255 e. The van der Waals surface area contributed by atoms with E-state index in [1.165, 1.54) is 16.7 Å². The highest BCUT2D eigenvalue weighted by Crippen LogP contribution is 2.11. The first-order chi connectivity index (χ1) is 8.70. The summed E-state index contributed by atoms with van der Waals surface area (Å²) in [6, 6.07) is 12.0. The number of carbonyl (C=O) groups excluding carboxylic acids is 1. The van der Waals surface area contributed by atoms with Gasteiger partial charge in [-0.25, -0.2) is 0 Å². The highest BCUT2D eigenvalue weighted by Gasteiger charge is 2.00. The summed E-state index contributed by atoms with van der Waals surface area (Å²) in [5.41, 5.74) is 1.31. The SMILES string of the molecule is C=CC(=O)Nc1ccc(-n2ccccc2=O)cc1. The third-order valence-corrected chi connectivity index (χ3v) is 2.42. The van der Waals surface area contributed by atoms with Crippen LogP contribution in [0.25, 0.3) is 5.69 Å². The summed E-state index contributed by atoms with van der Waals surface area (Å²) >= 11 is 0. The fourth-order valence-electron chi connectivity index (χ4n) is 1.54. The highest BCUT2D eigenvalue weighted by molar-refractivity contribution is 5.98. The van der Waals surface area contributed by atoms with Crippen molar-refractivity contribution in [3.05, 3.63) is 71.7 Å². The summed E-state index contributed by atoms with van der Waals surface area (Å²) in [6.45, 7) is 3.38. The molecular formula is C14H12N2O2. The minimum absolute atomic E-state index is 0.0969. The molecule has 4 nitrogen and oxygen atoms in total. The molecule has 0 unspecified atom stereocenters. The van der Waals surface area contributed by atoms with E-state index in [4.69, 9.17) is 0 Å². The normalized spacial score (nSPS) is 9.78. The molecule has 0 saturated carbocycles. The van der Waals surface area contributed by atoms with Gasteiger partial charge in [0.05, 0.1) is 0 Å². The monoisotopic (exact) mass is 240 g/mol. The van der Waals surface area contributed by atoms with Gasteiger partial charge in [-0.3, -0.25) is 14.2 Å². The maximum absolute atomic E-state index is 11.6. The van der Waals surface area contributed by atoms with Gasteiger partial charge < -0.3 is 5.32 Å². The van der Waals surface area contributed by atoms with Gasteiger partial charge in [-0.05, 0) is 36.4 Å². The van der Waals surface area contributed by atoms with Gasteiger partial charge in [0.25, 0.3) is 5.56 Å². The van der Waals surface area contributed by atoms with Crippen LogP contribution in [0.4, 0.5) is 5.69 Å². The molecule has 0 atom stereocenters. The number of rotatable bonds is 3. The lowest BCUT2D eigenvalue weighted by Crippen LogP contribution is -2.15. The Morgan fingerprint density at radius 3 is 2.50 bits per heavy atom. The lowest BCUT2D eigenvalue weighted by atomic mass is 10.2. The molecule has 0 fully saturated rings. The van der Waals surface area contributed by atoms with Crippen LogP contribution < -0.4 is 10.9 Å². The number of anilines is 1. The van der Waals surface area contributed by atoms with E-state index in [0.717, 1.165) is 5.69 Å². The number of carbonyl (C=O) groups is 1. The quantitative estimate of drug-likeness (QED) is 0.834. The van der Waals surface area contributed by atoms with E-state index in [2.05, 4.69) is 11.9 Å². The van der Waals surface area contributed by atoms with Crippen LogP contribution in [0.15, 0.2) is 66.1 Å². The molecule has 0 saturated heterocycles. The van der Waals surface area contributed by atoms with Gasteiger partial charge in [-0.2, -0.15) is 0 Å². The predicted molar refractivity (Wildman–Crippen MR) is 70.9 cm³/mol. The van der Waals surface area contributed by atoms with Gasteiger partial charge in [0.2, 0.25) is 5.91 Å². The van der Waals surface area contributed by atoms with Crippen molar-refractivity contribution in [1.29, 1.82) is 0 Å². The second-order valence-electron chi connectivity index (χ2n) is 3.65. The largest absolute Gasteiger partial charge is 0.323 e. The zero-order valence-electron chi connectivity index (χ0n) is 9.67. The van der Waals surface area contributed by atoms with Crippen LogP contribution in [0.1, 0.15) is 0 Å². The number of hydrogen-bond donors (Lipinski definition) is 1. The van der Waals surface area contributed by atoms with E-state index < -0.39 is 0 Å². The minimum Gasteiger partial charge on any atom is -0.323 e. The summed E-state index contributed by atoms with van der Waals surface area (Å²) in [4.78, 5) is 22.7. The molecule has 4 heteroatoms. The molecule has 2 rings (SSSR count). The van der Waals surface area contributed by atoms with Crippen molar-refractivity contribution in [1.82, 2.24) is 4.57 Å². The van der Waals surface area contributed by atoms with Crippen LogP contribution in [-0.2, 0) is 4.79 Å². The molecule has 0 bridgehead atoms. The Morgan fingerprint density at radius 2 is 1.89 bits per heavy atom. The number of nitrogens with zero attached hydrogens (tertiary/aromatic N) is 1. The standard InChI is InChI=1S/C14H12N2O2/c1-2-13(17)15-11-6-8-12(9-7-11)16-10-4-3-5-14(16)18/h2-10H,1H2,(H,15,17). The van der Waals surface area contributed by atoms with E-state index >= 15 is 0 Å². The Morgan fingerprint density at radius 1 is 1.17 bits per heavy atom. The molecule has 0 aliphatic heterocycles. The van der Waals surface area contributed by atoms with E-state index in [-0.39, 0.29) is 11.5 Å². The topological polar surface area (TPSA) is 51.1 Å². The van der Waals surface area contributed by atoms with Crippen LogP contribution in [0.2, 0.25) is 0 Å². The number of hydrogen-bond acceptors (Lipinski definition) is 2. The molecule has 18 heavy (non-hydrogen) atoms. The second-order valence-corrected chi connectivity index (χ2v) is 3.65. The van der Waals surface area contributed by atoms with Gasteiger partial charge in [0.1, 0.15) is 0 Å². The van der Waals surface area contributed by atoms with Crippen molar-refractivity contribution in [2.24, 2.45) is 0 Å². The highest BCUT2D eigenvalue weighted by atomic mass is 16.1. The molecule has 0 aliphatic rings. The molecule has 1 heterocycles. The maximum Gasteiger partial charge on any atom is 0.255 e. The fraction of sp³-hybridized carbons (Fsp3) is 0. The average Bonchev–Trinajstić information content (AvgIpc) is 2.40. The molecule has 1 aromatic carbocycles. The molecule has 1 N–H and O–H groups in total. The predicted octanol–water partition coefficient (Wildman–Crippen LogP) is 1.96. The first-order valence-corrected chi connectivity index (χ1v) is 5.42. The van der Waals surface area contributed by atoms with Crippen LogP contribution in [0.3, 0.4) is 0 Å². The zero-order valence-corrected chi connectivity index (χ0v) is 9.67. The third-order valence-electron chi connectivity index (χ3n) is 2.42. The van der Waals surface area contributed by atoms with Crippen LogP contribution in [0, 0.1) is 0 Å². The molecule has 0 aliphatic carbocycles. The first kappa shape index (κ1) is 11.9. The molecule has 0 radical (unpaired) electrons. The van der Waals surface area contributed by atoms with Gasteiger partial charge in [0.15, 0.2) is 0 Å². The van der Waals surface area contributed by atoms with Crippen molar-refractivity contribution >= 4 is 11.6 Å². The van der Waals surface area contributed by atoms with Gasteiger partial charge in [-0.1, -0.05) is 12.6 Å². The average molecular weight is 240 g/mol. The molecule has 0 spiro atoms. The first-order valence-electron chi connectivity index (χ1n) is 5.42. The Labute approximate surface area is 104 Å². The maximum atomic E-state index is 11.6. The van der Waals surface area contributed by atoms with Gasteiger partial charge in [-0.15, -0.1) is 0 Å². The van der Waals surface area contributed by atoms with Gasteiger partial charge >= 0.3 is 0 Å². The Hall–Kier alpha value is -2.62. The van der Waals surface area contributed by atoms with Crippen LogP contribution in [-0.4, -0.2) is 10.5 Å². The molecule has 2 aromatic rings. The van der Waals surface area contributed by atoms with Crippen molar-refractivity contribution in [2.45, 2.75) is 0 Å². The number of amides is 1. The van der Waals surface area contributed by atoms with E-state index in [0.29, 0.717) is 5.69 Å². The summed E-state index contributed by atoms with van der Waals surface area (Å²) in [5, 5.41) is 2.64.